The van der Waals surface area contributed by atoms with Crippen molar-refractivity contribution in [1.29, 1.82) is 0 Å². The lowest BCUT2D eigenvalue weighted by Gasteiger charge is -2.35. The van der Waals surface area contributed by atoms with Crippen molar-refractivity contribution in [1.82, 2.24) is 0 Å². The maximum Gasteiger partial charge on any atom is 0.175 e. The van der Waals surface area contributed by atoms with Crippen LogP contribution in [0.15, 0.2) is 18.2 Å². The third-order valence-corrected chi connectivity index (χ3v) is 3.87. The molecule has 0 saturated carbocycles. The van der Waals surface area contributed by atoms with Crippen molar-refractivity contribution in [2.24, 2.45) is 0 Å². The number of carbonyl (C=O) groups is 1. The van der Waals surface area contributed by atoms with Gasteiger partial charge >= 0.3 is 0 Å². The first-order chi connectivity index (χ1) is 9.17. The van der Waals surface area contributed by atoms with E-state index < -0.39 is 18.0 Å². The molecule has 3 unspecified atom stereocenters. The zero-order valence-corrected chi connectivity index (χ0v) is 10.4. The SMILES string of the molecule is O=Cc1cccc2c1CC1(CC(O)C(CO)O1)OC2. The Hall–Kier alpha value is -1.27. The number of aldehydes is 1. The van der Waals surface area contributed by atoms with Crippen molar-refractivity contribution >= 4 is 6.29 Å². The van der Waals surface area contributed by atoms with Gasteiger partial charge in [0.2, 0.25) is 0 Å². The predicted octanol–water partition coefficient (Wildman–Crippen LogP) is 0.410. The topological polar surface area (TPSA) is 76.0 Å². The summed E-state index contributed by atoms with van der Waals surface area (Å²) >= 11 is 0. The molecule has 2 aliphatic rings. The van der Waals surface area contributed by atoms with Gasteiger partial charge in [-0.1, -0.05) is 18.2 Å². The normalized spacial score (nSPS) is 33.4. The summed E-state index contributed by atoms with van der Waals surface area (Å²) in [5, 5.41) is 19.0. The summed E-state index contributed by atoms with van der Waals surface area (Å²) in [7, 11) is 0. The van der Waals surface area contributed by atoms with E-state index >= 15 is 0 Å². The van der Waals surface area contributed by atoms with Gasteiger partial charge in [-0.2, -0.15) is 0 Å². The van der Waals surface area contributed by atoms with Crippen LogP contribution < -0.4 is 0 Å². The van der Waals surface area contributed by atoms with E-state index in [1.165, 1.54) is 0 Å². The molecule has 2 heterocycles. The maximum absolute atomic E-state index is 11.1. The molecule has 0 bridgehead atoms. The van der Waals surface area contributed by atoms with E-state index in [1.54, 1.807) is 6.07 Å². The lowest BCUT2D eigenvalue weighted by Crippen LogP contribution is -2.39. The molecule has 0 amide bonds. The van der Waals surface area contributed by atoms with Gasteiger partial charge in [0.05, 0.1) is 19.3 Å². The summed E-state index contributed by atoms with van der Waals surface area (Å²) in [6.07, 6.45) is 0.197. The molecule has 1 fully saturated rings. The Morgan fingerprint density at radius 1 is 1.47 bits per heavy atom. The third kappa shape index (κ3) is 2.08. The first kappa shape index (κ1) is 12.7. The average molecular weight is 264 g/mol. The molecule has 1 aromatic rings. The molecule has 0 radical (unpaired) electrons. The van der Waals surface area contributed by atoms with Crippen LogP contribution >= 0.6 is 0 Å². The van der Waals surface area contributed by atoms with Gasteiger partial charge in [-0.15, -0.1) is 0 Å². The molecule has 0 aromatic heterocycles. The van der Waals surface area contributed by atoms with E-state index in [0.29, 0.717) is 25.0 Å². The van der Waals surface area contributed by atoms with Gasteiger partial charge in [0.1, 0.15) is 12.4 Å². The largest absolute Gasteiger partial charge is 0.394 e. The lowest BCUT2D eigenvalue weighted by atomic mass is 9.91. The van der Waals surface area contributed by atoms with Crippen LogP contribution in [-0.2, 0) is 22.5 Å². The Morgan fingerprint density at radius 2 is 2.32 bits per heavy atom. The van der Waals surface area contributed by atoms with Crippen LogP contribution in [0.3, 0.4) is 0 Å². The van der Waals surface area contributed by atoms with Crippen molar-refractivity contribution in [2.45, 2.75) is 37.4 Å². The van der Waals surface area contributed by atoms with Gasteiger partial charge < -0.3 is 19.7 Å². The van der Waals surface area contributed by atoms with Gasteiger partial charge in [0, 0.05) is 18.4 Å². The van der Waals surface area contributed by atoms with Gasteiger partial charge in [-0.05, 0) is 11.1 Å². The molecule has 5 heteroatoms. The minimum Gasteiger partial charge on any atom is -0.394 e. The third-order valence-electron chi connectivity index (χ3n) is 3.87. The van der Waals surface area contributed by atoms with E-state index in [9.17, 15) is 9.90 Å². The highest BCUT2D eigenvalue weighted by Gasteiger charge is 2.48. The van der Waals surface area contributed by atoms with Gasteiger partial charge in [-0.3, -0.25) is 4.79 Å². The van der Waals surface area contributed by atoms with Crippen molar-refractivity contribution in [3.05, 3.63) is 34.9 Å². The first-order valence-electron chi connectivity index (χ1n) is 6.34. The standard InChI is InChI=1S/C14H16O5/c15-6-9-2-1-3-10-8-18-14(4-11(9)10)5-12(17)13(7-16)19-14/h1-3,6,12-13,16-17H,4-5,7-8H2. The van der Waals surface area contributed by atoms with E-state index in [0.717, 1.165) is 17.4 Å². The Morgan fingerprint density at radius 3 is 3.00 bits per heavy atom. The van der Waals surface area contributed by atoms with Crippen LogP contribution in [0, 0.1) is 0 Å². The molecule has 2 aliphatic heterocycles. The van der Waals surface area contributed by atoms with Crippen molar-refractivity contribution in [3.8, 4) is 0 Å². The van der Waals surface area contributed by atoms with Crippen LogP contribution in [0.25, 0.3) is 0 Å². The summed E-state index contributed by atoms with van der Waals surface area (Å²) in [5.74, 6) is -0.918. The number of hydrogen-bond acceptors (Lipinski definition) is 5. The van der Waals surface area contributed by atoms with E-state index in [1.807, 2.05) is 12.1 Å². The van der Waals surface area contributed by atoms with Crippen LogP contribution in [-0.4, -0.2) is 41.1 Å². The second kappa shape index (κ2) is 4.68. The van der Waals surface area contributed by atoms with Crippen LogP contribution in [0.2, 0.25) is 0 Å². The highest BCUT2D eigenvalue weighted by atomic mass is 16.7. The molecule has 1 aromatic carbocycles. The van der Waals surface area contributed by atoms with Crippen LogP contribution in [0.5, 0.6) is 0 Å². The fraction of sp³-hybridized carbons (Fsp3) is 0.500. The Bertz CT molecular complexity index is 501. The van der Waals surface area contributed by atoms with Crippen LogP contribution in [0.1, 0.15) is 27.9 Å². The zero-order valence-electron chi connectivity index (χ0n) is 10.4. The summed E-state index contributed by atoms with van der Waals surface area (Å²) in [5.41, 5.74) is 2.51. The van der Waals surface area contributed by atoms with Gasteiger partial charge in [0.15, 0.2) is 5.79 Å². The maximum atomic E-state index is 11.1. The monoisotopic (exact) mass is 264 g/mol. The highest BCUT2D eigenvalue weighted by molar-refractivity contribution is 5.78. The number of ether oxygens (including phenoxy) is 2. The quantitative estimate of drug-likeness (QED) is 0.757. The van der Waals surface area contributed by atoms with E-state index in [2.05, 4.69) is 0 Å². The molecule has 5 nitrogen and oxygen atoms in total. The molecule has 19 heavy (non-hydrogen) atoms. The predicted molar refractivity (Wildman–Crippen MR) is 65.6 cm³/mol. The number of benzene rings is 1. The number of fused-ring (bicyclic) bond motifs is 1. The van der Waals surface area contributed by atoms with Crippen molar-refractivity contribution in [2.75, 3.05) is 6.61 Å². The minimum absolute atomic E-state index is 0.242. The highest BCUT2D eigenvalue weighted by Crippen LogP contribution is 2.40. The van der Waals surface area contributed by atoms with E-state index in [-0.39, 0.29) is 6.61 Å². The number of aliphatic hydroxyl groups is 2. The van der Waals surface area contributed by atoms with Gasteiger partial charge in [0.25, 0.3) is 0 Å². The van der Waals surface area contributed by atoms with Gasteiger partial charge in [-0.25, -0.2) is 0 Å². The molecule has 0 aliphatic carbocycles. The fourth-order valence-corrected chi connectivity index (χ4v) is 2.86. The Labute approximate surface area is 110 Å². The molecular formula is C14H16O5. The van der Waals surface area contributed by atoms with Crippen LogP contribution in [0.4, 0.5) is 0 Å². The second-order valence-electron chi connectivity index (χ2n) is 5.09. The summed E-state index contributed by atoms with van der Waals surface area (Å²) in [6.45, 7) is 0.107. The molecule has 2 N–H and O–H groups in total. The lowest BCUT2D eigenvalue weighted by molar-refractivity contribution is -0.242. The number of aliphatic hydroxyl groups excluding tert-OH is 2. The smallest absolute Gasteiger partial charge is 0.175 e. The molecule has 102 valence electrons. The molecule has 3 atom stereocenters. The Balaban J connectivity index is 1.92. The first-order valence-corrected chi connectivity index (χ1v) is 6.34. The molecule has 1 spiro atoms. The van der Waals surface area contributed by atoms with Crippen molar-refractivity contribution in [3.63, 3.8) is 0 Å². The summed E-state index contributed by atoms with van der Waals surface area (Å²) in [4.78, 5) is 11.1. The number of hydrogen-bond donors (Lipinski definition) is 2. The number of rotatable bonds is 2. The zero-order chi connectivity index (χ0) is 13.5. The fourth-order valence-electron chi connectivity index (χ4n) is 2.86. The number of carbonyl (C=O) groups excluding carboxylic acids is 1. The molecular weight excluding hydrogens is 248 g/mol. The molecule has 1 saturated heterocycles. The van der Waals surface area contributed by atoms with E-state index in [4.69, 9.17) is 14.6 Å². The minimum atomic E-state index is -0.918. The van der Waals surface area contributed by atoms with Crippen molar-refractivity contribution < 1.29 is 24.5 Å². The summed E-state index contributed by atoms with van der Waals surface area (Å²) < 4.78 is 11.4. The summed E-state index contributed by atoms with van der Waals surface area (Å²) in [6, 6.07) is 5.51. The second-order valence-corrected chi connectivity index (χ2v) is 5.09. The molecule has 3 rings (SSSR count). The Kier molecular flexibility index (Phi) is 3.14. The average Bonchev–Trinajstić information content (AvgIpc) is 2.74.